The van der Waals surface area contributed by atoms with Gasteiger partial charge < -0.3 is 9.57 Å². The van der Waals surface area contributed by atoms with Gasteiger partial charge >= 0.3 is 0 Å². The van der Waals surface area contributed by atoms with Gasteiger partial charge in [-0.3, -0.25) is 0 Å². The van der Waals surface area contributed by atoms with Crippen molar-refractivity contribution in [3.05, 3.63) is 64.7 Å². The molecule has 0 aliphatic rings. The Kier molecular flexibility index (Phi) is 4.81. The second-order valence-electron chi connectivity index (χ2n) is 3.91. The SMILES string of the molecule is COc1cccc(C=NOCc2cccc(Cl)c2)c1. The first-order chi connectivity index (χ1) is 9.28. The van der Waals surface area contributed by atoms with Crippen molar-refractivity contribution in [2.45, 2.75) is 6.61 Å². The molecular formula is C15H14ClNO2. The van der Waals surface area contributed by atoms with Crippen molar-refractivity contribution in [2.24, 2.45) is 5.16 Å². The minimum absolute atomic E-state index is 0.390. The number of methoxy groups -OCH3 is 1. The Balaban J connectivity index is 1.89. The molecule has 98 valence electrons. The van der Waals surface area contributed by atoms with Crippen LogP contribution in [-0.2, 0) is 11.4 Å². The second kappa shape index (κ2) is 6.81. The Hall–Kier alpha value is -2.00. The maximum atomic E-state index is 5.88. The highest BCUT2D eigenvalue weighted by molar-refractivity contribution is 6.30. The van der Waals surface area contributed by atoms with Crippen LogP contribution >= 0.6 is 11.6 Å². The van der Waals surface area contributed by atoms with E-state index in [9.17, 15) is 0 Å². The van der Waals surface area contributed by atoms with E-state index in [0.29, 0.717) is 11.6 Å². The van der Waals surface area contributed by atoms with Crippen molar-refractivity contribution in [2.75, 3.05) is 7.11 Å². The fourth-order valence-electron chi connectivity index (χ4n) is 1.56. The van der Waals surface area contributed by atoms with Crippen LogP contribution < -0.4 is 4.74 Å². The predicted octanol–water partition coefficient (Wildman–Crippen LogP) is 3.90. The van der Waals surface area contributed by atoms with E-state index in [1.165, 1.54) is 0 Å². The third kappa shape index (κ3) is 4.30. The van der Waals surface area contributed by atoms with Crippen LogP contribution in [0.25, 0.3) is 0 Å². The van der Waals surface area contributed by atoms with Crippen LogP contribution in [0.4, 0.5) is 0 Å². The van der Waals surface area contributed by atoms with Gasteiger partial charge in [-0.2, -0.15) is 0 Å². The number of oxime groups is 1. The van der Waals surface area contributed by atoms with Crippen LogP contribution in [0, 0.1) is 0 Å². The molecule has 0 aliphatic heterocycles. The number of hydrogen-bond acceptors (Lipinski definition) is 3. The Bertz CT molecular complexity index is 570. The molecule has 2 aromatic carbocycles. The quantitative estimate of drug-likeness (QED) is 0.612. The van der Waals surface area contributed by atoms with E-state index in [1.807, 2.05) is 48.5 Å². The summed E-state index contributed by atoms with van der Waals surface area (Å²) in [5.41, 5.74) is 1.90. The molecule has 0 aromatic heterocycles. The molecule has 0 saturated carbocycles. The van der Waals surface area contributed by atoms with E-state index in [1.54, 1.807) is 13.3 Å². The molecule has 3 nitrogen and oxygen atoms in total. The molecule has 0 N–H and O–H groups in total. The normalized spacial score (nSPS) is 10.6. The fraction of sp³-hybridized carbons (Fsp3) is 0.133. The van der Waals surface area contributed by atoms with Crippen molar-refractivity contribution in [1.82, 2.24) is 0 Å². The van der Waals surface area contributed by atoms with Crippen LogP contribution in [0.3, 0.4) is 0 Å². The summed E-state index contributed by atoms with van der Waals surface area (Å²) >= 11 is 5.88. The molecule has 0 heterocycles. The number of rotatable bonds is 5. The molecule has 0 aliphatic carbocycles. The summed E-state index contributed by atoms with van der Waals surface area (Å²) in [5.74, 6) is 0.791. The molecule has 2 rings (SSSR count). The molecule has 0 bridgehead atoms. The topological polar surface area (TPSA) is 30.8 Å². The minimum Gasteiger partial charge on any atom is -0.497 e. The first-order valence-electron chi connectivity index (χ1n) is 5.82. The maximum Gasteiger partial charge on any atom is 0.142 e. The van der Waals surface area contributed by atoms with Gasteiger partial charge in [0.2, 0.25) is 0 Å². The third-order valence-electron chi connectivity index (χ3n) is 2.49. The molecule has 0 spiro atoms. The van der Waals surface area contributed by atoms with Gasteiger partial charge in [-0.1, -0.05) is 41.0 Å². The lowest BCUT2D eigenvalue weighted by atomic mass is 10.2. The van der Waals surface area contributed by atoms with Gasteiger partial charge in [-0.05, 0) is 35.4 Å². The summed E-state index contributed by atoms with van der Waals surface area (Å²) in [6, 6.07) is 15.1. The van der Waals surface area contributed by atoms with Gasteiger partial charge in [0.1, 0.15) is 12.4 Å². The van der Waals surface area contributed by atoms with Gasteiger partial charge in [-0.25, -0.2) is 0 Å². The highest BCUT2D eigenvalue weighted by Crippen LogP contribution is 2.12. The lowest BCUT2D eigenvalue weighted by Crippen LogP contribution is -1.89. The van der Waals surface area contributed by atoms with Crippen molar-refractivity contribution < 1.29 is 9.57 Å². The molecule has 4 heteroatoms. The van der Waals surface area contributed by atoms with Crippen LogP contribution in [0.15, 0.2) is 53.7 Å². The molecule has 0 amide bonds. The summed E-state index contributed by atoms with van der Waals surface area (Å²) in [6.07, 6.45) is 1.65. The lowest BCUT2D eigenvalue weighted by Gasteiger charge is -2.01. The number of benzene rings is 2. The summed E-state index contributed by atoms with van der Waals surface area (Å²) in [7, 11) is 1.63. The van der Waals surface area contributed by atoms with Crippen LogP contribution in [0.2, 0.25) is 5.02 Å². The summed E-state index contributed by atoms with van der Waals surface area (Å²) in [4.78, 5) is 5.22. The molecule has 0 fully saturated rings. The zero-order valence-corrected chi connectivity index (χ0v) is 11.3. The first-order valence-corrected chi connectivity index (χ1v) is 6.19. The van der Waals surface area contributed by atoms with E-state index in [4.69, 9.17) is 21.2 Å². The summed E-state index contributed by atoms with van der Waals surface area (Å²) in [5, 5.41) is 4.61. The number of halogens is 1. The molecule has 2 aromatic rings. The molecule has 0 unspecified atom stereocenters. The van der Waals surface area contributed by atoms with E-state index < -0.39 is 0 Å². The lowest BCUT2D eigenvalue weighted by molar-refractivity contribution is 0.132. The average molecular weight is 276 g/mol. The minimum atomic E-state index is 0.390. The molecular weight excluding hydrogens is 262 g/mol. The number of ether oxygens (including phenoxy) is 1. The monoisotopic (exact) mass is 275 g/mol. The smallest absolute Gasteiger partial charge is 0.142 e. The summed E-state index contributed by atoms with van der Waals surface area (Å²) < 4.78 is 5.13. The van der Waals surface area contributed by atoms with Crippen molar-refractivity contribution in [3.63, 3.8) is 0 Å². The maximum absolute atomic E-state index is 5.88. The average Bonchev–Trinajstić information content (AvgIpc) is 2.44. The number of hydrogen-bond donors (Lipinski definition) is 0. The van der Waals surface area contributed by atoms with E-state index >= 15 is 0 Å². The van der Waals surface area contributed by atoms with Gasteiger partial charge in [0.15, 0.2) is 0 Å². The largest absolute Gasteiger partial charge is 0.497 e. The van der Waals surface area contributed by atoms with Crippen LogP contribution in [-0.4, -0.2) is 13.3 Å². The highest BCUT2D eigenvalue weighted by Gasteiger charge is 1.95. The van der Waals surface area contributed by atoms with E-state index in [-0.39, 0.29) is 0 Å². The van der Waals surface area contributed by atoms with Gasteiger partial charge in [0.05, 0.1) is 13.3 Å². The zero-order valence-electron chi connectivity index (χ0n) is 10.5. The Morgan fingerprint density at radius 2 is 2.00 bits per heavy atom. The van der Waals surface area contributed by atoms with Gasteiger partial charge in [0.25, 0.3) is 0 Å². The van der Waals surface area contributed by atoms with Crippen molar-refractivity contribution >= 4 is 17.8 Å². The van der Waals surface area contributed by atoms with E-state index in [2.05, 4.69) is 5.16 Å². The van der Waals surface area contributed by atoms with Crippen molar-refractivity contribution in [3.8, 4) is 5.75 Å². The van der Waals surface area contributed by atoms with Crippen molar-refractivity contribution in [1.29, 1.82) is 0 Å². The standard InChI is InChI=1S/C15H14ClNO2/c1-18-15-7-3-4-12(9-15)10-17-19-11-13-5-2-6-14(16)8-13/h2-10H,11H2,1H3. The van der Waals surface area contributed by atoms with Gasteiger partial charge in [-0.15, -0.1) is 0 Å². The second-order valence-corrected chi connectivity index (χ2v) is 4.35. The van der Waals surface area contributed by atoms with Crippen LogP contribution in [0.1, 0.15) is 11.1 Å². The third-order valence-corrected chi connectivity index (χ3v) is 2.73. The Labute approximate surface area is 117 Å². The molecule has 0 radical (unpaired) electrons. The van der Waals surface area contributed by atoms with Gasteiger partial charge in [0, 0.05) is 5.02 Å². The number of nitrogens with zero attached hydrogens (tertiary/aromatic N) is 1. The van der Waals surface area contributed by atoms with E-state index in [0.717, 1.165) is 16.9 Å². The highest BCUT2D eigenvalue weighted by atomic mass is 35.5. The predicted molar refractivity (Wildman–Crippen MR) is 76.8 cm³/mol. The Morgan fingerprint density at radius 1 is 1.16 bits per heavy atom. The summed E-state index contributed by atoms with van der Waals surface area (Å²) in [6.45, 7) is 0.390. The van der Waals surface area contributed by atoms with Crippen LogP contribution in [0.5, 0.6) is 5.75 Å². The molecule has 0 atom stereocenters. The Morgan fingerprint density at radius 3 is 2.79 bits per heavy atom. The molecule has 19 heavy (non-hydrogen) atoms. The first kappa shape index (κ1) is 13.4. The fourth-order valence-corrected chi connectivity index (χ4v) is 1.77. The zero-order chi connectivity index (χ0) is 13.5. The molecule has 0 saturated heterocycles.